The second kappa shape index (κ2) is 8.35. The van der Waals surface area contributed by atoms with Gasteiger partial charge in [-0.2, -0.15) is 0 Å². The lowest BCUT2D eigenvalue weighted by Crippen LogP contribution is -2.31. The zero-order valence-electron chi connectivity index (χ0n) is 13.2. The highest BCUT2D eigenvalue weighted by Crippen LogP contribution is 2.27. The fraction of sp³-hybridized carbons (Fsp3) is 0.235. The quantitative estimate of drug-likeness (QED) is 0.705. The van der Waals surface area contributed by atoms with E-state index in [4.69, 9.17) is 21.1 Å². The third-order valence-electron chi connectivity index (χ3n) is 3.31. The Bertz CT molecular complexity index is 742. The van der Waals surface area contributed by atoms with E-state index in [2.05, 4.69) is 15.9 Å². The van der Waals surface area contributed by atoms with Crippen LogP contribution in [0.25, 0.3) is 0 Å². The summed E-state index contributed by atoms with van der Waals surface area (Å²) in [5.41, 5.74) is 0.658. The van der Waals surface area contributed by atoms with Gasteiger partial charge in [-0.05, 0) is 35.9 Å². The van der Waals surface area contributed by atoms with Crippen LogP contribution in [-0.4, -0.2) is 31.6 Å². The number of methoxy groups -OCH3 is 1. The third kappa shape index (κ3) is 4.85. The zero-order chi connectivity index (χ0) is 17.7. The number of rotatable bonds is 6. The number of hydrogen-bond donors (Lipinski definition) is 0. The van der Waals surface area contributed by atoms with Crippen molar-refractivity contribution in [1.82, 2.24) is 4.90 Å². The molecule has 4 nitrogen and oxygen atoms in total. The van der Waals surface area contributed by atoms with Crippen LogP contribution >= 0.6 is 27.5 Å². The van der Waals surface area contributed by atoms with Crippen LogP contribution in [0, 0.1) is 5.82 Å². The summed E-state index contributed by atoms with van der Waals surface area (Å²) in [5.74, 6) is -0.114. The molecule has 0 atom stereocenters. The Kier molecular flexibility index (Phi) is 6.45. The molecule has 0 heterocycles. The molecule has 2 rings (SSSR count). The number of halogens is 3. The highest BCUT2D eigenvalue weighted by atomic mass is 79.9. The summed E-state index contributed by atoms with van der Waals surface area (Å²) in [6, 6.07) is 9.72. The van der Waals surface area contributed by atoms with Crippen molar-refractivity contribution in [1.29, 1.82) is 0 Å². The van der Waals surface area contributed by atoms with E-state index in [0.717, 1.165) is 4.47 Å². The smallest absolute Gasteiger partial charge is 0.260 e. The number of nitrogens with zero attached hydrogens (tertiary/aromatic N) is 1. The van der Waals surface area contributed by atoms with Crippen molar-refractivity contribution in [3.8, 4) is 11.5 Å². The first-order valence-corrected chi connectivity index (χ1v) is 8.22. The summed E-state index contributed by atoms with van der Waals surface area (Å²) in [5, 5.41) is 0.414. The number of amides is 1. The predicted molar refractivity (Wildman–Crippen MR) is 94.1 cm³/mol. The molecule has 24 heavy (non-hydrogen) atoms. The molecule has 2 aromatic carbocycles. The minimum absolute atomic E-state index is 0.156. The number of carbonyl (C=O) groups is 1. The molecule has 0 aliphatic carbocycles. The van der Waals surface area contributed by atoms with Crippen molar-refractivity contribution in [2.75, 3.05) is 20.8 Å². The van der Waals surface area contributed by atoms with Crippen molar-refractivity contribution < 1.29 is 18.7 Å². The second-order valence-electron chi connectivity index (χ2n) is 5.08. The Balaban J connectivity index is 1.93. The number of ether oxygens (including phenoxy) is 2. The molecule has 0 N–H and O–H groups in total. The van der Waals surface area contributed by atoms with Crippen LogP contribution in [0.3, 0.4) is 0 Å². The Morgan fingerprint density at radius 3 is 2.58 bits per heavy atom. The Morgan fingerprint density at radius 2 is 1.96 bits per heavy atom. The lowest BCUT2D eigenvalue weighted by atomic mass is 10.2. The van der Waals surface area contributed by atoms with E-state index in [1.54, 1.807) is 31.3 Å². The average molecular weight is 417 g/mol. The van der Waals surface area contributed by atoms with Crippen LogP contribution in [-0.2, 0) is 11.3 Å². The highest BCUT2D eigenvalue weighted by Gasteiger charge is 2.13. The van der Waals surface area contributed by atoms with E-state index in [1.807, 2.05) is 0 Å². The number of benzene rings is 2. The van der Waals surface area contributed by atoms with Gasteiger partial charge in [0.15, 0.2) is 18.2 Å². The summed E-state index contributed by atoms with van der Waals surface area (Å²) in [6.07, 6.45) is 0. The molecule has 7 heteroatoms. The minimum Gasteiger partial charge on any atom is -0.494 e. The molecule has 0 aliphatic heterocycles. The number of carbonyl (C=O) groups excluding carboxylic acids is 1. The summed E-state index contributed by atoms with van der Waals surface area (Å²) in [4.78, 5) is 13.6. The molecular weight excluding hydrogens is 401 g/mol. The summed E-state index contributed by atoms with van der Waals surface area (Å²) < 4.78 is 24.8. The van der Waals surface area contributed by atoms with Gasteiger partial charge in [-0.3, -0.25) is 4.79 Å². The maximum Gasteiger partial charge on any atom is 0.260 e. The normalized spacial score (nSPS) is 10.4. The topological polar surface area (TPSA) is 38.8 Å². The van der Waals surface area contributed by atoms with E-state index >= 15 is 0 Å². The van der Waals surface area contributed by atoms with Crippen molar-refractivity contribution >= 4 is 33.4 Å². The van der Waals surface area contributed by atoms with Crippen LogP contribution < -0.4 is 9.47 Å². The molecule has 2 aromatic rings. The van der Waals surface area contributed by atoms with Gasteiger partial charge in [0.25, 0.3) is 5.91 Å². The molecule has 0 spiro atoms. The van der Waals surface area contributed by atoms with Gasteiger partial charge in [-0.1, -0.05) is 33.6 Å². The van der Waals surface area contributed by atoms with Gasteiger partial charge in [0.1, 0.15) is 5.75 Å². The first-order valence-electron chi connectivity index (χ1n) is 7.05. The molecule has 0 saturated heterocycles. The third-order valence-corrected chi connectivity index (χ3v) is 4.10. The van der Waals surface area contributed by atoms with Crippen molar-refractivity contribution in [3.05, 3.63) is 57.3 Å². The summed E-state index contributed by atoms with van der Waals surface area (Å²) in [7, 11) is 3.02. The Hall–Kier alpha value is -1.79. The first kappa shape index (κ1) is 18.5. The second-order valence-corrected chi connectivity index (χ2v) is 6.40. The van der Waals surface area contributed by atoms with Crippen molar-refractivity contribution in [2.45, 2.75) is 6.54 Å². The van der Waals surface area contributed by atoms with Crippen LogP contribution in [0.1, 0.15) is 5.56 Å². The number of likely N-dealkylation sites (N-methyl/N-ethyl adjacent to an activating group) is 1. The molecule has 0 saturated carbocycles. The van der Waals surface area contributed by atoms with Gasteiger partial charge in [0.05, 0.1) is 12.1 Å². The van der Waals surface area contributed by atoms with Gasteiger partial charge in [-0.25, -0.2) is 4.39 Å². The van der Waals surface area contributed by atoms with Gasteiger partial charge in [0, 0.05) is 18.1 Å². The van der Waals surface area contributed by atoms with Crippen LogP contribution in [0.2, 0.25) is 5.02 Å². The van der Waals surface area contributed by atoms with Gasteiger partial charge in [-0.15, -0.1) is 0 Å². The average Bonchev–Trinajstić information content (AvgIpc) is 2.54. The molecule has 0 radical (unpaired) electrons. The number of hydrogen-bond acceptors (Lipinski definition) is 3. The SMILES string of the molecule is COc1ccc(CN(C)C(=O)COc2ccc(Br)cc2Cl)cc1F. The lowest BCUT2D eigenvalue weighted by molar-refractivity contribution is -0.132. The van der Waals surface area contributed by atoms with Crippen LogP contribution in [0.5, 0.6) is 11.5 Å². The minimum atomic E-state index is -0.464. The Labute approximate surface area is 153 Å². The predicted octanol–water partition coefficient (Wildman–Crippen LogP) is 4.29. The monoisotopic (exact) mass is 415 g/mol. The Morgan fingerprint density at radius 1 is 1.25 bits per heavy atom. The van der Waals surface area contributed by atoms with E-state index < -0.39 is 5.82 Å². The largest absolute Gasteiger partial charge is 0.494 e. The summed E-state index contributed by atoms with van der Waals surface area (Å²) >= 11 is 9.33. The fourth-order valence-electron chi connectivity index (χ4n) is 2.01. The maximum atomic E-state index is 13.7. The van der Waals surface area contributed by atoms with Crippen molar-refractivity contribution in [3.63, 3.8) is 0 Å². The summed E-state index contributed by atoms with van der Waals surface area (Å²) in [6.45, 7) is 0.105. The molecule has 0 unspecified atom stereocenters. The molecular formula is C17H16BrClFNO3. The van der Waals surface area contributed by atoms with E-state index in [1.165, 1.54) is 24.1 Å². The molecule has 0 fully saturated rings. The maximum absolute atomic E-state index is 13.7. The van der Waals surface area contributed by atoms with Gasteiger partial charge < -0.3 is 14.4 Å². The van der Waals surface area contributed by atoms with Gasteiger partial charge in [0.2, 0.25) is 0 Å². The molecule has 1 amide bonds. The zero-order valence-corrected chi connectivity index (χ0v) is 15.5. The van der Waals surface area contributed by atoms with Crippen LogP contribution in [0.15, 0.2) is 40.9 Å². The first-order chi connectivity index (χ1) is 11.4. The van der Waals surface area contributed by atoms with Crippen LogP contribution in [0.4, 0.5) is 4.39 Å². The van der Waals surface area contributed by atoms with E-state index in [0.29, 0.717) is 16.3 Å². The van der Waals surface area contributed by atoms with E-state index in [9.17, 15) is 9.18 Å². The molecule has 128 valence electrons. The molecule has 0 bridgehead atoms. The van der Waals surface area contributed by atoms with Gasteiger partial charge >= 0.3 is 0 Å². The molecule has 0 aromatic heterocycles. The van der Waals surface area contributed by atoms with Crippen molar-refractivity contribution in [2.24, 2.45) is 0 Å². The lowest BCUT2D eigenvalue weighted by Gasteiger charge is -2.18. The van der Waals surface area contributed by atoms with E-state index in [-0.39, 0.29) is 24.8 Å². The molecule has 0 aliphatic rings. The standard InChI is InChI=1S/C17H16BrClFNO3/c1-21(9-11-3-5-16(23-2)14(20)7-11)17(22)10-24-15-6-4-12(18)8-13(15)19/h3-8H,9-10H2,1-2H3. The fourth-order valence-corrected chi connectivity index (χ4v) is 2.74. The highest BCUT2D eigenvalue weighted by molar-refractivity contribution is 9.10.